The topological polar surface area (TPSA) is 99.9 Å². The fourth-order valence-corrected chi connectivity index (χ4v) is 7.72. The van der Waals surface area contributed by atoms with Crippen LogP contribution in [0.3, 0.4) is 0 Å². The predicted octanol–water partition coefficient (Wildman–Crippen LogP) is 4.13. The maximum absolute atomic E-state index is 13.3. The molecule has 1 amide bonds. The monoisotopic (exact) mass is 535 g/mol. The second-order valence-electron chi connectivity index (χ2n) is 10.8. The van der Waals surface area contributed by atoms with Gasteiger partial charge in [0.05, 0.1) is 29.3 Å². The molecule has 6 rings (SSSR count). The Balaban J connectivity index is 1.43. The van der Waals surface area contributed by atoms with Gasteiger partial charge in [-0.05, 0) is 42.5 Å². The quantitative estimate of drug-likeness (QED) is 0.539. The zero-order valence-corrected chi connectivity index (χ0v) is 22.3. The molecule has 0 spiro atoms. The van der Waals surface area contributed by atoms with Gasteiger partial charge in [-0.15, -0.1) is 0 Å². The van der Waals surface area contributed by atoms with Gasteiger partial charge in [0.25, 0.3) is 0 Å². The summed E-state index contributed by atoms with van der Waals surface area (Å²) in [6, 6.07) is 13.7. The Hall–Kier alpha value is -3.33. The molecule has 8 nitrogen and oxygen atoms in total. The van der Waals surface area contributed by atoms with Crippen LogP contribution in [0.25, 0.3) is 22.2 Å². The fraction of sp³-hybridized carbons (Fsp3) is 0.448. The molecule has 3 aliphatic rings. The molecule has 200 valence electrons. The fourth-order valence-electron chi connectivity index (χ4n) is 6.52. The molecule has 1 aliphatic carbocycles. The summed E-state index contributed by atoms with van der Waals surface area (Å²) in [5.41, 5.74) is 5.71. The van der Waals surface area contributed by atoms with Crippen molar-refractivity contribution in [1.82, 2.24) is 9.47 Å². The van der Waals surface area contributed by atoms with Crippen molar-refractivity contribution >= 4 is 38.3 Å². The van der Waals surface area contributed by atoms with E-state index >= 15 is 0 Å². The summed E-state index contributed by atoms with van der Waals surface area (Å²) in [5, 5.41) is 10.8. The van der Waals surface area contributed by atoms with Gasteiger partial charge in [0, 0.05) is 48.3 Å². The van der Waals surface area contributed by atoms with E-state index in [1.54, 1.807) is 17.0 Å². The molecule has 2 aliphatic heterocycles. The van der Waals surface area contributed by atoms with E-state index < -0.39 is 15.8 Å². The number of anilines is 1. The molecule has 3 heterocycles. The van der Waals surface area contributed by atoms with Gasteiger partial charge in [-0.1, -0.05) is 43.5 Å². The lowest BCUT2D eigenvalue weighted by atomic mass is 9.81. The molecule has 1 saturated heterocycles. The molecule has 2 aromatic carbocycles. The van der Waals surface area contributed by atoms with Crippen molar-refractivity contribution in [1.29, 1.82) is 0 Å². The van der Waals surface area contributed by atoms with Gasteiger partial charge in [0.2, 0.25) is 5.91 Å². The Morgan fingerprint density at radius 2 is 1.66 bits per heavy atom. The molecule has 2 fully saturated rings. The summed E-state index contributed by atoms with van der Waals surface area (Å²) >= 11 is 0. The second kappa shape index (κ2) is 9.76. The summed E-state index contributed by atoms with van der Waals surface area (Å²) < 4.78 is 26.0. The van der Waals surface area contributed by atoms with Gasteiger partial charge in [-0.25, -0.2) is 13.2 Å². The molecule has 0 atom stereocenters. The van der Waals surface area contributed by atoms with Crippen molar-refractivity contribution in [2.24, 2.45) is 0 Å². The van der Waals surface area contributed by atoms with Crippen molar-refractivity contribution < 1.29 is 23.1 Å². The van der Waals surface area contributed by atoms with E-state index in [1.807, 2.05) is 18.2 Å². The lowest BCUT2D eigenvalue weighted by molar-refractivity contribution is -0.129. The Morgan fingerprint density at radius 3 is 2.39 bits per heavy atom. The third-order valence-corrected chi connectivity index (χ3v) is 10.1. The number of aromatic carboxylic acids is 1. The average molecular weight is 536 g/mol. The highest BCUT2D eigenvalue weighted by atomic mass is 32.2. The highest BCUT2D eigenvalue weighted by Crippen LogP contribution is 2.47. The standard InChI is InChI=1S/C29H33N3O5S/c33-26(30-14-16-38(36,37)17-15-30)19-31-12-13-32-25-18-21(29(34)35)10-11-22(25)27(20-6-2-1-3-7-20)28(32)23-8-4-5-9-24(23)31/h4-5,8-11,18,20H,1-3,6-7,12-17,19H2,(H,34,35). The van der Waals surface area contributed by atoms with Crippen molar-refractivity contribution in [3.63, 3.8) is 0 Å². The second-order valence-corrected chi connectivity index (χ2v) is 13.1. The van der Waals surface area contributed by atoms with Crippen LogP contribution in [0.5, 0.6) is 0 Å². The molecule has 9 heteroatoms. The molecule has 3 aromatic rings. The Labute approximate surface area is 222 Å². The molecule has 1 saturated carbocycles. The summed E-state index contributed by atoms with van der Waals surface area (Å²) in [6.07, 6.45) is 5.87. The third-order valence-electron chi connectivity index (χ3n) is 8.48. The van der Waals surface area contributed by atoms with Crippen LogP contribution in [-0.2, 0) is 21.2 Å². The van der Waals surface area contributed by atoms with E-state index in [-0.39, 0.29) is 42.6 Å². The number of hydrogen-bond acceptors (Lipinski definition) is 5. The average Bonchev–Trinajstić information content (AvgIpc) is 3.15. The number of nitrogens with zero attached hydrogens (tertiary/aromatic N) is 3. The number of carbonyl (C=O) groups is 2. The van der Waals surface area contributed by atoms with E-state index in [0.717, 1.165) is 40.7 Å². The highest BCUT2D eigenvalue weighted by Gasteiger charge is 2.32. The number of fused-ring (bicyclic) bond motifs is 5. The molecular formula is C29H33N3O5S. The number of carboxylic acids is 1. The molecule has 0 bridgehead atoms. The number of carbonyl (C=O) groups excluding carboxylic acids is 1. The number of carboxylic acid groups (broad SMARTS) is 1. The zero-order chi connectivity index (χ0) is 26.4. The number of amides is 1. The molecule has 1 aromatic heterocycles. The summed E-state index contributed by atoms with van der Waals surface area (Å²) in [5.74, 6) is -0.555. The first-order chi connectivity index (χ1) is 18.3. The van der Waals surface area contributed by atoms with Crippen LogP contribution in [0.15, 0.2) is 42.5 Å². The first-order valence-corrected chi connectivity index (χ1v) is 15.4. The first-order valence-electron chi connectivity index (χ1n) is 13.5. The minimum absolute atomic E-state index is 0.0173. The number of benzene rings is 2. The molecule has 0 unspecified atom stereocenters. The lowest BCUT2D eigenvalue weighted by Gasteiger charge is -2.31. The number of hydrogen-bond donors (Lipinski definition) is 1. The van der Waals surface area contributed by atoms with Crippen molar-refractivity contribution in [2.75, 3.05) is 42.6 Å². The van der Waals surface area contributed by atoms with Crippen molar-refractivity contribution in [3.8, 4) is 11.3 Å². The zero-order valence-electron chi connectivity index (χ0n) is 21.4. The number of para-hydroxylation sites is 1. The Bertz CT molecular complexity index is 1510. The lowest BCUT2D eigenvalue weighted by Crippen LogP contribution is -2.48. The number of sulfone groups is 1. The summed E-state index contributed by atoms with van der Waals surface area (Å²) in [7, 11) is -3.06. The summed E-state index contributed by atoms with van der Waals surface area (Å²) in [4.78, 5) is 28.9. The Morgan fingerprint density at radius 1 is 0.921 bits per heavy atom. The molecular weight excluding hydrogens is 502 g/mol. The van der Waals surface area contributed by atoms with Crippen LogP contribution < -0.4 is 4.90 Å². The van der Waals surface area contributed by atoms with Crippen LogP contribution in [0, 0.1) is 0 Å². The van der Waals surface area contributed by atoms with E-state index in [0.29, 0.717) is 19.0 Å². The van der Waals surface area contributed by atoms with Crippen molar-refractivity contribution in [2.45, 2.75) is 44.6 Å². The van der Waals surface area contributed by atoms with Crippen LogP contribution >= 0.6 is 0 Å². The van der Waals surface area contributed by atoms with Crippen LogP contribution in [0.1, 0.15) is 53.9 Å². The van der Waals surface area contributed by atoms with Crippen LogP contribution in [-0.4, -0.2) is 72.6 Å². The van der Waals surface area contributed by atoms with Crippen LogP contribution in [0.2, 0.25) is 0 Å². The van der Waals surface area contributed by atoms with E-state index in [9.17, 15) is 23.1 Å². The largest absolute Gasteiger partial charge is 0.478 e. The smallest absolute Gasteiger partial charge is 0.335 e. The van der Waals surface area contributed by atoms with Gasteiger partial charge in [0.1, 0.15) is 0 Å². The number of rotatable bonds is 4. The van der Waals surface area contributed by atoms with Gasteiger partial charge >= 0.3 is 5.97 Å². The van der Waals surface area contributed by atoms with Gasteiger partial charge < -0.3 is 19.5 Å². The van der Waals surface area contributed by atoms with Gasteiger partial charge in [-0.2, -0.15) is 0 Å². The molecule has 1 N–H and O–H groups in total. The van der Waals surface area contributed by atoms with Crippen LogP contribution in [0.4, 0.5) is 5.69 Å². The van der Waals surface area contributed by atoms with E-state index in [4.69, 9.17) is 0 Å². The normalized spacial score (nSPS) is 19.6. The Kier molecular flexibility index (Phi) is 6.42. The van der Waals surface area contributed by atoms with Crippen molar-refractivity contribution in [3.05, 3.63) is 53.6 Å². The SMILES string of the molecule is O=C(O)c1ccc2c(C3CCCCC3)c3n(c2c1)CCN(CC(=O)N1CCS(=O)(=O)CC1)c1ccccc1-3. The molecule has 0 radical (unpaired) electrons. The van der Waals surface area contributed by atoms with Gasteiger partial charge in [-0.3, -0.25) is 4.79 Å². The first kappa shape index (κ1) is 25.0. The maximum atomic E-state index is 13.3. The minimum atomic E-state index is -3.06. The third kappa shape index (κ3) is 4.46. The summed E-state index contributed by atoms with van der Waals surface area (Å²) in [6.45, 7) is 1.88. The molecule has 38 heavy (non-hydrogen) atoms. The predicted molar refractivity (Wildman–Crippen MR) is 148 cm³/mol. The number of aromatic nitrogens is 1. The highest BCUT2D eigenvalue weighted by molar-refractivity contribution is 7.91. The van der Waals surface area contributed by atoms with E-state index in [2.05, 4.69) is 21.6 Å². The van der Waals surface area contributed by atoms with E-state index in [1.165, 1.54) is 24.8 Å². The minimum Gasteiger partial charge on any atom is -0.478 e. The van der Waals surface area contributed by atoms with Gasteiger partial charge in [0.15, 0.2) is 9.84 Å². The maximum Gasteiger partial charge on any atom is 0.335 e.